The van der Waals surface area contributed by atoms with Gasteiger partial charge in [0.1, 0.15) is 11.6 Å². The molecule has 2 amide bonds. The molecule has 0 aliphatic heterocycles. The highest BCUT2D eigenvalue weighted by Crippen LogP contribution is 2.27. The Morgan fingerprint density at radius 1 is 1.18 bits per heavy atom. The van der Waals surface area contributed by atoms with Crippen LogP contribution in [0.2, 0.25) is 5.02 Å². The molecular weight excluding hydrogens is 306 g/mol. The van der Waals surface area contributed by atoms with Gasteiger partial charge in [0, 0.05) is 24.4 Å². The van der Waals surface area contributed by atoms with Crippen molar-refractivity contribution in [1.29, 1.82) is 0 Å². The number of ether oxygens (including phenoxy) is 1. The predicted octanol–water partition coefficient (Wildman–Crippen LogP) is 2.95. The zero-order valence-electron chi connectivity index (χ0n) is 12.0. The van der Waals surface area contributed by atoms with E-state index in [1.54, 1.807) is 24.3 Å². The number of aromatic nitrogens is 1. The highest BCUT2D eigenvalue weighted by Gasteiger charge is 2.09. The largest absolute Gasteiger partial charge is 0.495 e. The van der Waals surface area contributed by atoms with Crippen LogP contribution in [0.25, 0.3) is 0 Å². The predicted molar refractivity (Wildman–Crippen MR) is 84.5 cm³/mol. The van der Waals surface area contributed by atoms with Gasteiger partial charge in [-0.25, -0.2) is 4.98 Å². The van der Waals surface area contributed by atoms with Crippen LogP contribution in [0.3, 0.4) is 0 Å². The summed E-state index contributed by atoms with van der Waals surface area (Å²) in [6, 6.07) is 7.97. The molecule has 7 heteroatoms. The number of methoxy groups -OCH3 is 1. The fraction of sp³-hybridized carbons (Fsp3) is 0.133. The molecule has 0 bridgehead atoms. The number of rotatable bonds is 4. The smallest absolute Gasteiger partial charge is 0.255 e. The van der Waals surface area contributed by atoms with Gasteiger partial charge >= 0.3 is 0 Å². The number of carbonyl (C=O) groups excluding carboxylic acids is 2. The minimum Gasteiger partial charge on any atom is -0.495 e. The summed E-state index contributed by atoms with van der Waals surface area (Å²) in [7, 11) is 1.51. The van der Waals surface area contributed by atoms with Crippen molar-refractivity contribution in [2.45, 2.75) is 6.92 Å². The normalized spacial score (nSPS) is 9.95. The first-order valence-electron chi connectivity index (χ1n) is 6.38. The van der Waals surface area contributed by atoms with E-state index in [1.807, 2.05) is 0 Å². The molecule has 0 spiro atoms. The van der Waals surface area contributed by atoms with Crippen LogP contribution in [0, 0.1) is 0 Å². The molecule has 0 saturated heterocycles. The van der Waals surface area contributed by atoms with Gasteiger partial charge in [-0.15, -0.1) is 0 Å². The number of nitrogens with zero attached hydrogens (tertiary/aromatic N) is 1. The average molecular weight is 320 g/mol. The minimum atomic E-state index is -0.338. The number of amides is 2. The van der Waals surface area contributed by atoms with Crippen molar-refractivity contribution in [3.63, 3.8) is 0 Å². The van der Waals surface area contributed by atoms with Gasteiger partial charge in [-0.1, -0.05) is 11.6 Å². The van der Waals surface area contributed by atoms with Crippen molar-refractivity contribution in [1.82, 2.24) is 4.98 Å². The average Bonchev–Trinajstić information content (AvgIpc) is 2.47. The lowest BCUT2D eigenvalue weighted by atomic mass is 10.2. The van der Waals surface area contributed by atoms with Gasteiger partial charge < -0.3 is 15.4 Å². The second-order valence-electron chi connectivity index (χ2n) is 4.41. The van der Waals surface area contributed by atoms with Gasteiger partial charge in [-0.2, -0.15) is 0 Å². The van der Waals surface area contributed by atoms with Crippen molar-refractivity contribution < 1.29 is 14.3 Å². The molecule has 22 heavy (non-hydrogen) atoms. The van der Waals surface area contributed by atoms with Crippen LogP contribution in [0.15, 0.2) is 36.5 Å². The molecule has 1 heterocycles. The van der Waals surface area contributed by atoms with Gasteiger partial charge in [-0.05, 0) is 30.3 Å². The Labute approximate surface area is 132 Å². The van der Waals surface area contributed by atoms with Gasteiger partial charge in [0.05, 0.1) is 12.1 Å². The molecule has 2 rings (SSSR count). The third-order valence-electron chi connectivity index (χ3n) is 2.74. The molecule has 0 saturated carbocycles. The van der Waals surface area contributed by atoms with Crippen LogP contribution in [-0.2, 0) is 4.79 Å². The third-order valence-corrected chi connectivity index (χ3v) is 3.03. The minimum absolute atomic E-state index is 0.257. The number of halogens is 1. The molecule has 6 nitrogen and oxygen atoms in total. The van der Waals surface area contributed by atoms with Crippen LogP contribution >= 0.6 is 11.6 Å². The number of hydrogen-bond donors (Lipinski definition) is 2. The summed E-state index contributed by atoms with van der Waals surface area (Å²) in [6.45, 7) is 1.37. The molecule has 0 unspecified atom stereocenters. The lowest BCUT2D eigenvalue weighted by Crippen LogP contribution is -2.13. The quantitative estimate of drug-likeness (QED) is 0.908. The van der Waals surface area contributed by atoms with E-state index < -0.39 is 0 Å². The maximum Gasteiger partial charge on any atom is 0.255 e. The lowest BCUT2D eigenvalue weighted by Gasteiger charge is -2.09. The Morgan fingerprint density at radius 2 is 1.95 bits per heavy atom. The van der Waals surface area contributed by atoms with Crippen molar-refractivity contribution >= 4 is 34.9 Å². The number of carbonyl (C=O) groups is 2. The van der Waals surface area contributed by atoms with E-state index in [4.69, 9.17) is 16.3 Å². The highest BCUT2D eigenvalue weighted by atomic mass is 35.5. The van der Waals surface area contributed by atoms with E-state index in [1.165, 1.54) is 26.3 Å². The monoisotopic (exact) mass is 319 g/mol. The first kappa shape index (κ1) is 15.8. The number of hydrogen-bond acceptors (Lipinski definition) is 4. The molecule has 0 aliphatic rings. The fourth-order valence-electron chi connectivity index (χ4n) is 1.77. The summed E-state index contributed by atoms with van der Waals surface area (Å²) in [6.07, 6.45) is 1.45. The number of nitrogens with one attached hydrogen (secondary N) is 2. The molecular formula is C15H14ClN3O3. The second-order valence-corrected chi connectivity index (χ2v) is 4.82. The van der Waals surface area contributed by atoms with E-state index in [0.29, 0.717) is 27.8 Å². The van der Waals surface area contributed by atoms with E-state index in [0.717, 1.165) is 0 Å². The Balaban J connectivity index is 2.15. The van der Waals surface area contributed by atoms with Crippen LogP contribution in [-0.4, -0.2) is 23.9 Å². The fourth-order valence-corrected chi connectivity index (χ4v) is 2.03. The molecule has 0 fully saturated rings. The summed E-state index contributed by atoms with van der Waals surface area (Å²) in [5.41, 5.74) is 0.902. The zero-order valence-corrected chi connectivity index (χ0v) is 12.8. The van der Waals surface area contributed by atoms with E-state index in [2.05, 4.69) is 15.6 Å². The number of anilines is 2. The van der Waals surface area contributed by atoms with Gasteiger partial charge in [0.2, 0.25) is 5.91 Å². The summed E-state index contributed by atoms with van der Waals surface area (Å²) < 4.78 is 5.05. The van der Waals surface area contributed by atoms with Gasteiger partial charge in [0.15, 0.2) is 0 Å². The van der Waals surface area contributed by atoms with Crippen molar-refractivity contribution in [3.05, 3.63) is 47.1 Å². The summed E-state index contributed by atoms with van der Waals surface area (Å²) in [5.74, 6) is 0.242. The van der Waals surface area contributed by atoms with Crippen LogP contribution in [0.4, 0.5) is 11.5 Å². The second kappa shape index (κ2) is 6.91. The van der Waals surface area contributed by atoms with Gasteiger partial charge in [0.25, 0.3) is 5.91 Å². The lowest BCUT2D eigenvalue weighted by molar-refractivity contribution is -0.114. The van der Waals surface area contributed by atoms with E-state index in [9.17, 15) is 9.59 Å². The molecule has 0 atom stereocenters. The Morgan fingerprint density at radius 3 is 2.59 bits per heavy atom. The van der Waals surface area contributed by atoms with E-state index >= 15 is 0 Å². The molecule has 1 aromatic heterocycles. The molecule has 2 aromatic rings. The van der Waals surface area contributed by atoms with Crippen molar-refractivity contribution in [2.75, 3.05) is 17.7 Å². The maximum absolute atomic E-state index is 12.2. The topological polar surface area (TPSA) is 80.3 Å². The SMILES string of the molecule is COc1ccc(NC(=O)c2ccnc(NC(C)=O)c2)cc1Cl. The molecule has 0 radical (unpaired) electrons. The molecule has 2 N–H and O–H groups in total. The van der Waals surface area contributed by atoms with Crippen LogP contribution in [0.5, 0.6) is 5.75 Å². The van der Waals surface area contributed by atoms with Crippen molar-refractivity contribution in [3.8, 4) is 5.75 Å². The molecule has 114 valence electrons. The number of benzene rings is 1. The summed E-state index contributed by atoms with van der Waals surface area (Å²) in [5, 5.41) is 5.63. The highest BCUT2D eigenvalue weighted by molar-refractivity contribution is 6.32. The van der Waals surface area contributed by atoms with Crippen molar-refractivity contribution in [2.24, 2.45) is 0 Å². The Bertz CT molecular complexity index is 719. The van der Waals surface area contributed by atoms with Crippen LogP contribution in [0.1, 0.15) is 17.3 Å². The first-order chi connectivity index (χ1) is 10.5. The summed E-state index contributed by atoms with van der Waals surface area (Å²) in [4.78, 5) is 27.2. The van der Waals surface area contributed by atoms with E-state index in [-0.39, 0.29) is 11.8 Å². The Kier molecular flexibility index (Phi) is 4.95. The molecule has 0 aliphatic carbocycles. The maximum atomic E-state index is 12.2. The number of pyridine rings is 1. The third kappa shape index (κ3) is 3.95. The summed E-state index contributed by atoms with van der Waals surface area (Å²) >= 11 is 6.01. The van der Waals surface area contributed by atoms with Gasteiger partial charge in [-0.3, -0.25) is 9.59 Å². The molecule has 1 aromatic carbocycles. The van der Waals surface area contributed by atoms with Crippen LogP contribution < -0.4 is 15.4 Å². The Hall–Kier alpha value is -2.60. The standard InChI is InChI=1S/C15H14ClN3O3/c1-9(20)18-14-7-10(5-6-17-14)15(21)19-11-3-4-13(22-2)12(16)8-11/h3-8H,1-2H3,(H,19,21)(H,17,18,20). The zero-order chi connectivity index (χ0) is 16.1. The first-order valence-corrected chi connectivity index (χ1v) is 6.76.